The third-order valence-corrected chi connectivity index (χ3v) is 5.21. The lowest BCUT2D eigenvalue weighted by molar-refractivity contribution is 0.490. The molecule has 0 atom stereocenters. The molecule has 0 fully saturated rings. The predicted octanol–water partition coefficient (Wildman–Crippen LogP) is 2.56. The van der Waals surface area contributed by atoms with E-state index in [0.717, 1.165) is 23.1 Å². The quantitative estimate of drug-likeness (QED) is 0.789. The van der Waals surface area contributed by atoms with Gasteiger partial charge < -0.3 is 10.2 Å². The van der Waals surface area contributed by atoms with E-state index in [0.29, 0.717) is 18.1 Å². The smallest absolute Gasteiger partial charge is 0.350 e. The molecule has 0 aromatic carbocycles. The SMILES string of the molecule is Nc1c2c3c(sc2nc(=O)n1Cc1ccco1)CCCC3. The van der Waals surface area contributed by atoms with E-state index in [1.807, 2.05) is 6.07 Å². The van der Waals surface area contributed by atoms with Gasteiger partial charge in [0.05, 0.1) is 18.2 Å². The molecule has 6 heteroatoms. The lowest BCUT2D eigenvalue weighted by atomic mass is 9.97. The van der Waals surface area contributed by atoms with Crippen molar-refractivity contribution in [1.82, 2.24) is 9.55 Å². The maximum absolute atomic E-state index is 12.2. The Morgan fingerprint density at radius 3 is 3.05 bits per heavy atom. The molecule has 3 aromatic heterocycles. The molecular formula is C15H15N3O2S. The molecule has 108 valence electrons. The lowest BCUT2D eigenvalue weighted by Gasteiger charge is -2.13. The Labute approximate surface area is 125 Å². The second-order valence-corrected chi connectivity index (χ2v) is 6.42. The molecule has 21 heavy (non-hydrogen) atoms. The van der Waals surface area contributed by atoms with Gasteiger partial charge in [0.1, 0.15) is 16.4 Å². The van der Waals surface area contributed by atoms with Gasteiger partial charge in [0.2, 0.25) is 0 Å². The molecule has 1 aliphatic rings. The van der Waals surface area contributed by atoms with Crippen LogP contribution >= 0.6 is 11.3 Å². The fourth-order valence-corrected chi connectivity index (χ4v) is 4.25. The fraction of sp³-hybridized carbons (Fsp3) is 0.333. The van der Waals surface area contributed by atoms with Crippen LogP contribution in [0.25, 0.3) is 10.2 Å². The van der Waals surface area contributed by atoms with Crippen LogP contribution in [0, 0.1) is 0 Å². The van der Waals surface area contributed by atoms with E-state index in [4.69, 9.17) is 10.2 Å². The Hall–Kier alpha value is -2.08. The molecule has 5 nitrogen and oxygen atoms in total. The van der Waals surface area contributed by atoms with Crippen molar-refractivity contribution < 1.29 is 4.42 Å². The third-order valence-electron chi connectivity index (χ3n) is 4.02. The first-order valence-corrected chi connectivity index (χ1v) is 7.88. The maximum Gasteiger partial charge on any atom is 0.350 e. The zero-order valence-electron chi connectivity index (χ0n) is 11.5. The average Bonchev–Trinajstić information content (AvgIpc) is 3.10. The zero-order valence-corrected chi connectivity index (χ0v) is 12.3. The Bertz CT molecular complexity index is 861. The molecule has 0 aliphatic heterocycles. The molecule has 2 N–H and O–H groups in total. The van der Waals surface area contributed by atoms with Crippen molar-refractivity contribution in [1.29, 1.82) is 0 Å². The molecule has 1 aliphatic carbocycles. The number of rotatable bonds is 2. The maximum atomic E-state index is 12.2. The van der Waals surface area contributed by atoms with Crippen LogP contribution in [0.4, 0.5) is 5.82 Å². The summed E-state index contributed by atoms with van der Waals surface area (Å²) in [5.41, 5.74) is 7.27. The van der Waals surface area contributed by atoms with Crippen molar-refractivity contribution in [3.8, 4) is 0 Å². The van der Waals surface area contributed by atoms with E-state index >= 15 is 0 Å². The average molecular weight is 301 g/mol. The van der Waals surface area contributed by atoms with Crippen LogP contribution < -0.4 is 11.4 Å². The first-order chi connectivity index (χ1) is 10.2. The molecule has 0 spiro atoms. The van der Waals surface area contributed by atoms with Crippen LogP contribution in [0.2, 0.25) is 0 Å². The van der Waals surface area contributed by atoms with E-state index in [9.17, 15) is 4.79 Å². The van der Waals surface area contributed by atoms with Crippen LogP contribution in [0.3, 0.4) is 0 Å². The lowest BCUT2D eigenvalue weighted by Crippen LogP contribution is -2.25. The van der Waals surface area contributed by atoms with Crippen LogP contribution in [0.1, 0.15) is 29.0 Å². The summed E-state index contributed by atoms with van der Waals surface area (Å²) in [4.78, 5) is 18.6. The van der Waals surface area contributed by atoms with E-state index in [1.165, 1.54) is 27.8 Å². The van der Waals surface area contributed by atoms with E-state index < -0.39 is 0 Å². The van der Waals surface area contributed by atoms with Crippen LogP contribution in [-0.4, -0.2) is 9.55 Å². The Morgan fingerprint density at radius 1 is 1.38 bits per heavy atom. The summed E-state index contributed by atoms with van der Waals surface area (Å²) in [6.45, 7) is 0.325. The Morgan fingerprint density at radius 2 is 2.24 bits per heavy atom. The number of fused-ring (bicyclic) bond motifs is 3. The third kappa shape index (κ3) is 1.98. The highest BCUT2D eigenvalue weighted by Gasteiger charge is 2.21. The van der Waals surface area contributed by atoms with E-state index in [-0.39, 0.29) is 5.69 Å². The molecule has 3 aromatic rings. The molecule has 0 saturated heterocycles. The molecule has 0 unspecified atom stereocenters. The highest BCUT2D eigenvalue weighted by molar-refractivity contribution is 7.18. The Balaban J connectivity index is 1.93. The molecule has 0 bridgehead atoms. The monoisotopic (exact) mass is 301 g/mol. The number of furan rings is 1. The van der Waals surface area contributed by atoms with Gasteiger partial charge in [-0.1, -0.05) is 0 Å². The first kappa shape index (κ1) is 12.6. The summed E-state index contributed by atoms with van der Waals surface area (Å²) < 4.78 is 6.82. The zero-order chi connectivity index (χ0) is 14.4. The van der Waals surface area contributed by atoms with Crippen LogP contribution in [0.15, 0.2) is 27.6 Å². The fourth-order valence-electron chi connectivity index (χ4n) is 2.99. The minimum absolute atomic E-state index is 0.310. The predicted molar refractivity (Wildman–Crippen MR) is 82.7 cm³/mol. The summed E-state index contributed by atoms with van der Waals surface area (Å²) in [6, 6.07) is 3.63. The van der Waals surface area contributed by atoms with Gasteiger partial charge in [-0.2, -0.15) is 4.98 Å². The van der Waals surface area contributed by atoms with E-state index in [1.54, 1.807) is 23.7 Å². The largest absolute Gasteiger partial charge is 0.467 e. The van der Waals surface area contributed by atoms with Crippen LogP contribution in [-0.2, 0) is 19.4 Å². The van der Waals surface area contributed by atoms with Gasteiger partial charge in [-0.3, -0.25) is 4.57 Å². The minimum Gasteiger partial charge on any atom is -0.467 e. The van der Waals surface area contributed by atoms with Gasteiger partial charge in [0.25, 0.3) is 0 Å². The summed E-state index contributed by atoms with van der Waals surface area (Å²) in [5, 5.41) is 0.973. The molecule has 0 saturated carbocycles. The summed E-state index contributed by atoms with van der Waals surface area (Å²) in [5.74, 6) is 1.22. The van der Waals surface area contributed by atoms with Crippen molar-refractivity contribution >= 4 is 27.4 Å². The van der Waals surface area contributed by atoms with Gasteiger partial charge >= 0.3 is 5.69 Å². The van der Waals surface area contributed by atoms with E-state index in [2.05, 4.69) is 4.98 Å². The van der Waals surface area contributed by atoms with Gasteiger partial charge in [0.15, 0.2) is 0 Å². The molecular weight excluding hydrogens is 286 g/mol. The number of hydrogen-bond acceptors (Lipinski definition) is 5. The number of nitrogens with two attached hydrogens (primary N) is 1. The van der Waals surface area contributed by atoms with Crippen molar-refractivity contribution in [2.45, 2.75) is 32.2 Å². The van der Waals surface area contributed by atoms with Crippen LogP contribution in [0.5, 0.6) is 0 Å². The number of nitrogens with zero attached hydrogens (tertiary/aromatic N) is 2. The van der Waals surface area contributed by atoms with Gasteiger partial charge in [0, 0.05) is 4.88 Å². The van der Waals surface area contributed by atoms with Crippen molar-refractivity contribution in [2.75, 3.05) is 5.73 Å². The topological polar surface area (TPSA) is 74.0 Å². The minimum atomic E-state index is -0.310. The number of aromatic nitrogens is 2. The first-order valence-electron chi connectivity index (χ1n) is 7.07. The second-order valence-electron chi connectivity index (χ2n) is 5.34. The highest BCUT2D eigenvalue weighted by atomic mass is 32.1. The molecule has 4 rings (SSSR count). The summed E-state index contributed by atoms with van der Waals surface area (Å²) >= 11 is 1.62. The van der Waals surface area contributed by atoms with Crippen molar-refractivity contribution in [3.63, 3.8) is 0 Å². The Kier molecular flexibility index (Phi) is 2.85. The molecule has 0 amide bonds. The molecule has 3 heterocycles. The van der Waals surface area contributed by atoms with Crippen molar-refractivity contribution in [3.05, 3.63) is 45.1 Å². The molecule has 0 radical (unpaired) electrons. The normalized spacial score (nSPS) is 14.5. The highest BCUT2D eigenvalue weighted by Crippen LogP contribution is 2.37. The van der Waals surface area contributed by atoms with Gasteiger partial charge in [-0.05, 0) is 43.4 Å². The number of aryl methyl sites for hydroxylation is 2. The standard InChI is InChI=1S/C15H15N3O2S/c16-13-12-10-5-1-2-6-11(10)21-14(12)17-15(19)18(13)8-9-4-3-7-20-9/h3-4,7H,1-2,5-6,8,16H2. The number of hydrogen-bond donors (Lipinski definition) is 1. The number of thiophene rings is 1. The summed E-state index contributed by atoms with van der Waals surface area (Å²) in [6.07, 6.45) is 6.07. The van der Waals surface area contributed by atoms with Gasteiger partial charge in [-0.15, -0.1) is 11.3 Å². The second kappa shape index (κ2) is 4.73. The number of nitrogen functional groups attached to an aromatic ring is 1. The number of anilines is 1. The van der Waals surface area contributed by atoms with Crippen molar-refractivity contribution in [2.24, 2.45) is 0 Å². The summed E-state index contributed by atoms with van der Waals surface area (Å²) in [7, 11) is 0. The van der Waals surface area contributed by atoms with Gasteiger partial charge in [-0.25, -0.2) is 4.79 Å².